The second-order valence-corrected chi connectivity index (χ2v) is 11.1. The van der Waals surface area contributed by atoms with Crippen molar-refractivity contribution in [3.8, 4) is 11.5 Å². The molecule has 2 unspecified atom stereocenters. The van der Waals surface area contributed by atoms with E-state index in [1.807, 2.05) is 18.2 Å². The topological polar surface area (TPSA) is 55.8 Å². The Hall–Kier alpha value is -1.77. The smallest absolute Gasteiger partial charge is 0.395 e. The summed E-state index contributed by atoms with van der Waals surface area (Å²) >= 11 is 0. The van der Waals surface area contributed by atoms with Gasteiger partial charge in [-0.25, -0.2) is 4.57 Å². The zero-order valence-corrected chi connectivity index (χ0v) is 22.9. The van der Waals surface area contributed by atoms with Crippen LogP contribution in [0.1, 0.15) is 109 Å². The fourth-order valence-corrected chi connectivity index (χ4v) is 5.37. The zero-order chi connectivity index (χ0) is 25.2. The molecule has 0 fully saturated rings. The Morgan fingerprint density at radius 1 is 0.657 bits per heavy atom. The third kappa shape index (κ3) is 13.8. The van der Waals surface area contributed by atoms with Gasteiger partial charge < -0.3 is 9.05 Å². The quantitative estimate of drug-likeness (QED) is 0.145. The Morgan fingerprint density at radius 2 is 1.11 bits per heavy atom. The molecule has 0 heterocycles. The van der Waals surface area contributed by atoms with Crippen molar-refractivity contribution in [2.24, 2.45) is 5.92 Å². The van der Waals surface area contributed by atoms with Gasteiger partial charge in [-0.15, -0.1) is 0 Å². The molecule has 2 rings (SSSR count). The molecule has 2 aromatic rings. The molecule has 0 saturated heterocycles. The molecule has 0 saturated carbocycles. The van der Waals surface area contributed by atoms with Crippen molar-refractivity contribution in [2.45, 2.75) is 110 Å². The summed E-state index contributed by atoms with van der Waals surface area (Å²) in [6.07, 6.45) is 19.7. The molecule has 0 aliphatic heterocycles. The molecule has 5 heteroatoms. The van der Waals surface area contributed by atoms with Crippen molar-refractivity contribution in [3.63, 3.8) is 0 Å². The van der Waals surface area contributed by atoms with E-state index in [-0.39, 0.29) is 0 Å². The zero-order valence-electron chi connectivity index (χ0n) is 22.0. The number of phosphoric acid groups is 1. The second-order valence-electron chi connectivity index (χ2n) is 9.79. The van der Waals surface area contributed by atoms with Crippen LogP contribution in [0.25, 0.3) is 0 Å². The van der Waals surface area contributed by atoms with E-state index >= 15 is 0 Å². The summed E-state index contributed by atoms with van der Waals surface area (Å²) in [7, 11) is -4.23. The second kappa shape index (κ2) is 17.6. The van der Waals surface area contributed by atoms with Crippen LogP contribution in [0.15, 0.2) is 54.6 Å². The van der Waals surface area contributed by atoms with Crippen LogP contribution in [0, 0.1) is 5.92 Å². The summed E-state index contributed by atoms with van der Waals surface area (Å²) in [4.78, 5) is 10.1. The van der Waals surface area contributed by atoms with Crippen molar-refractivity contribution in [1.29, 1.82) is 0 Å². The normalized spacial score (nSPS) is 13.8. The van der Waals surface area contributed by atoms with E-state index in [2.05, 4.69) is 13.8 Å². The number of para-hydroxylation sites is 1. The Balaban J connectivity index is 1.84. The van der Waals surface area contributed by atoms with Gasteiger partial charge >= 0.3 is 7.82 Å². The van der Waals surface area contributed by atoms with E-state index in [9.17, 15) is 9.46 Å². The van der Waals surface area contributed by atoms with Crippen molar-refractivity contribution in [2.75, 3.05) is 0 Å². The number of unbranched alkanes of at least 4 members (excludes halogenated alkanes) is 10. The fourth-order valence-electron chi connectivity index (χ4n) is 4.56. The van der Waals surface area contributed by atoms with E-state index in [1.54, 1.807) is 36.4 Å². The summed E-state index contributed by atoms with van der Waals surface area (Å²) in [5.74, 6) is 1.35. The van der Waals surface area contributed by atoms with Crippen molar-refractivity contribution < 1.29 is 18.5 Å². The highest BCUT2D eigenvalue weighted by Crippen LogP contribution is 2.44. The van der Waals surface area contributed by atoms with E-state index in [0.29, 0.717) is 17.4 Å². The number of benzene rings is 2. The minimum Gasteiger partial charge on any atom is -0.395 e. The maximum absolute atomic E-state index is 12.3. The summed E-state index contributed by atoms with van der Waals surface area (Å²) < 4.78 is 22.8. The van der Waals surface area contributed by atoms with E-state index < -0.39 is 7.82 Å². The molecule has 4 nitrogen and oxygen atoms in total. The minimum absolute atomic E-state index is 0.307. The third-order valence-corrected chi connectivity index (χ3v) is 7.45. The summed E-state index contributed by atoms with van der Waals surface area (Å²) in [6.45, 7) is 4.53. The molecule has 0 radical (unpaired) electrons. The number of phosphoric ester groups is 1. The minimum atomic E-state index is -4.23. The van der Waals surface area contributed by atoms with Gasteiger partial charge in [0.1, 0.15) is 11.5 Å². The third-order valence-electron chi connectivity index (χ3n) is 6.56. The molecular formula is C30H47O4P. The largest absolute Gasteiger partial charge is 0.584 e. The first-order valence-corrected chi connectivity index (χ1v) is 15.4. The molecular weight excluding hydrogens is 455 g/mol. The average Bonchev–Trinajstić information content (AvgIpc) is 2.84. The number of rotatable bonds is 20. The predicted octanol–water partition coefficient (Wildman–Crippen LogP) is 9.90. The molecule has 0 aliphatic carbocycles. The molecule has 196 valence electrons. The maximum atomic E-state index is 12.3. The molecule has 0 bridgehead atoms. The highest BCUT2D eigenvalue weighted by Gasteiger charge is 2.25. The lowest BCUT2D eigenvalue weighted by Gasteiger charge is -2.18. The molecule has 0 amide bonds. The predicted molar refractivity (Wildman–Crippen MR) is 147 cm³/mol. The maximum Gasteiger partial charge on any atom is 0.584 e. The Morgan fingerprint density at radius 3 is 1.63 bits per heavy atom. The number of hydrogen-bond acceptors (Lipinski definition) is 3. The van der Waals surface area contributed by atoms with Crippen LogP contribution in [0.5, 0.6) is 11.5 Å². The molecule has 0 spiro atoms. The van der Waals surface area contributed by atoms with Gasteiger partial charge in [-0.3, -0.25) is 4.89 Å². The van der Waals surface area contributed by atoms with Crippen LogP contribution >= 0.6 is 7.82 Å². The molecule has 0 aliphatic rings. The molecule has 2 aromatic carbocycles. The average molecular weight is 503 g/mol. The van der Waals surface area contributed by atoms with Gasteiger partial charge in [0, 0.05) is 0 Å². The lowest BCUT2D eigenvalue weighted by atomic mass is 9.88. The van der Waals surface area contributed by atoms with E-state index in [0.717, 1.165) is 6.42 Å². The van der Waals surface area contributed by atoms with Gasteiger partial charge in [0.2, 0.25) is 0 Å². The van der Waals surface area contributed by atoms with Crippen LogP contribution in [0.4, 0.5) is 0 Å². The van der Waals surface area contributed by atoms with Gasteiger partial charge in [0.25, 0.3) is 0 Å². The SMILES string of the molecule is CCCCCCCCCC(CCCCCCC)Cc1ccc(OP(=O)(O)Oc2ccccc2)cc1. The lowest BCUT2D eigenvalue weighted by Crippen LogP contribution is -2.06. The first-order valence-electron chi connectivity index (χ1n) is 13.9. The van der Waals surface area contributed by atoms with Gasteiger partial charge in [-0.05, 0) is 42.2 Å². The van der Waals surface area contributed by atoms with Crippen LogP contribution in [-0.2, 0) is 11.0 Å². The first kappa shape index (κ1) is 29.5. The monoisotopic (exact) mass is 502 g/mol. The number of hydrogen-bond donors (Lipinski definition) is 1. The van der Waals surface area contributed by atoms with E-state index in [4.69, 9.17) is 9.05 Å². The van der Waals surface area contributed by atoms with E-state index in [1.165, 1.54) is 95.5 Å². The Labute approximate surface area is 214 Å². The van der Waals surface area contributed by atoms with Gasteiger partial charge in [0.05, 0.1) is 0 Å². The van der Waals surface area contributed by atoms with Crippen LogP contribution in [0.2, 0.25) is 0 Å². The van der Waals surface area contributed by atoms with Crippen molar-refractivity contribution >= 4 is 7.82 Å². The lowest BCUT2D eigenvalue weighted by molar-refractivity contribution is 0.291. The summed E-state index contributed by atoms with van der Waals surface area (Å²) in [5.41, 5.74) is 1.26. The first-order chi connectivity index (χ1) is 17.0. The van der Waals surface area contributed by atoms with Crippen LogP contribution < -0.4 is 9.05 Å². The van der Waals surface area contributed by atoms with Gasteiger partial charge in [0.15, 0.2) is 0 Å². The fraction of sp³-hybridized carbons (Fsp3) is 0.600. The van der Waals surface area contributed by atoms with Gasteiger partial charge in [-0.2, -0.15) is 0 Å². The molecule has 35 heavy (non-hydrogen) atoms. The summed E-state index contributed by atoms with van der Waals surface area (Å²) in [6, 6.07) is 16.2. The van der Waals surface area contributed by atoms with Crippen LogP contribution in [-0.4, -0.2) is 4.89 Å². The Bertz CT molecular complexity index is 822. The Kier molecular flexibility index (Phi) is 14.8. The van der Waals surface area contributed by atoms with Crippen LogP contribution in [0.3, 0.4) is 0 Å². The standard InChI is InChI=1S/C30H47O4P/c1-3-5-7-9-10-12-15-19-27(18-14-11-8-6-4-2)26-28-22-24-30(25-23-28)34-35(31,32)33-29-20-16-13-17-21-29/h13,16-17,20-25,27H,3-12,14-15,18-19,26H2,1-2H3,(H,31,32). The highest BCUT2D eigenvalue weighted by atomic mass is 31.2. The molecule has 0 aromatic heterocycles. The van der Waals surface area contributed by atoms with Crippen molar-refractivity contribution in [3.05, 3.63) is 60.2 Å². The summed E-state index contributed by atoms with van der Waals surface area (Å²) in [5, 5.41) is 0. The highest BCUT2D eigenvalue weighted by molar-refractivity contribution is 7.48. The van der Waals surface area contributed by atoms with Gasteiger partial charge in [-0.1, -0.05) is 134 Å². The molecule has 1 N–H and O–H groups in total. The molecule has 2 atom stereocenters. The van der Waals surface area contributed by atoms with Crippen molar-refractivity contribution in [1.82, 2.24) is 0 Å².